The second-order valence-electron chi connectivity index (χ2n) is 3.76. The molecule has 1 fully saturated rings. The largest absolute Gasteiger partial charge is 0.377 e. The van der Waals surface area contributed by atoms with Crippen molar-refractivity contribution in [1.82, 2.24) is 0 Å². The van der Waals surface area contributed by atoms with Gasteiger partial charge in [-0.05, 0) is 18.6 Å². The van der Waals surface area contributed by atoms with Crippen molar-refractivity contribution in [1.29, 1.82) is 5.26 Å². The van der Waals surface area contributed by atoms with E-state index >= 15 is 0 Å². The number of benzene rings is 1. The van der Waals surface area contributed by atoms with Crippen LogP contribution in [-0.4, -0.2) is 24.2 Å². The van der Waals surface area contributed by atoms with Crippen LogP contribution in [0.15, 0.2) is 18.2 Å². The lowest BCUT2D eigenvalue weighted by Crippen LogP contribution is -2.33. The maximum atomic E-state index is 10.8. The Morgan fingerprint density at radius 1 is 1.65 bits per heavy atom. The summed E-state index contributed by atoms with van der Waals surface area (Å²) in [5, 5.41) is 22.5. The highest BCUT2D eigenvalue weighted by Crippen LogP contribution is 2.25. The van der Waals surface area contributed by atoms with E-state index in [4.69, 9.17) is 10.00 Å². The van der Waals surface area contributed by atoms with Crippen molar-refractivity contribution in [2.75, 3.05) is 18.5 Å². The Bertz CT molecular complexity index is 477. The summed E-state index contributed by atoms with van der Waals surface area (Å²) in [6, 6.07) is 6.21. The average molecular weight is 233 g/mol. The van der Waals surface area contributed by atoms with Gasteiger partial charge < -0.3 is 10.1 Å². The van der Waals surface area contributed by atoms with E-state index in [-0.39, 0.29) is 11.8 Å². The highest BCUT2D eigenvalue weighted by Gasteiger charge is 2.20. The van der Waals surface area contributed by atoms with Crippen LogP contribution in [0.5, 0.6) is 0 Å². The molecule has 1 aromatic carbocycles. The van der Waals surface area contributed by atoms with Crippen molar-refractivity contribution >= 4 is 11.4 Å². The standard InChI is InChI=1S/C11H11N3O3/c12-6-8-1-2-11(14(15)16)10(5-8)13-7-9-3-4-17-9/h1-2,5,9,13H,3-4,7H2/t9-/m0/s1. The molecule has 1 N–H and O–H groups in total. The molecule has 0 saturated carbocycles. The fourth-order valence-electron chi connectivity index (χ4n) is 1.58. The van der Waals surface area contributed by atoms with Crippen LogP contribution in [0.4, 0.5) is 11.4 Å². The molecule has 6 heteroatoms. The minimum Gasteiger partial charge on any atom is -0.377 e. The van der Waals surface area contributed by atoms with Crippen molar-refractivity contribution in [2.45, 2.75) is 12.5 Å². The lowest BCUT2D eigenvalue weighted by Gasteiger charge is -2.26. The van der Waals surface area contributed by atoms with Crippen molar-refractivity contribution in [2.24, 2.45) is 0 Å². The van der Waals surface area contributed by atoms with E-state index in [1.165, 1.54) is 18.2 Å². The summed E-state index contributed by atoms with van der Waals surface area (Å²) < 4.78 is 5.21. The molecule has 0 amide bonds. The second-order valence-corrected chi connectivity index (χ2v) is 3.76. The molecule has 17 heavy (non-hydrogen) atoms. The molecule has 0 aliphatic carbocycles. The SMILES string of the molecule is N#Cc1ccc([N+](=O)[O-])c(NC[C@@H]2CCO2)c1. The van der Waals surface area contributed by atoms with Crippen LogP contribution in [0.1, 0.15) is 12.0 Å². The third-order valence-corrected chi connectivity index (χ3v) is 2.64. The van der Waals surface area contributed by atoms with E-state index in [0.29, 0.717) is 17.8 Å². The molecule has 88 valence electrons. The van der Waals surface area contributed by atoms with Crippen molar-refractivity contribution < 1.29 is 9.66 Å². The van der Waals surface area contributed by atoms with Gasteiger partial charge in [-0.15, -0.1) is 0 Å². The Balaban J connectivity index is 2.15. The fraction of sp³-hybridized carbons (Fsp3) is 0.364. The number of hydrogen-bond acceptors (Lipinski definition) is 5. The first kappa shape index (κ1) is 11.4. The normalized spacial score (nSPS) is 17.9. The van der Waals surface area contributed by atoms with E-state index < -0.39 is 4.92 Å². The van der Waals surface area contributed by atoms with Crippen LogP contribution in [0.2, 0.25) is 0 Å². The monoisotopic (exact) mass is 233 g/mol. The second kappa shape index (κ2) is 4.80. The van der Waals surface area contributed by atoms with Gasteiger partial charge in [-0.1, -0.05) is 0 Å². The van der Waals surface area contributed by atoms with Gasteiger partial charge in [0.25, 0.3) is 5.69 Å². The average Bonchev–Trinajstić information content (AvgIpc) is 2.26. The molecular formula is C11H11N3O3. The number of nitro groups is 1. The van der Waals surface area contributed by atoms with E-state index in [0.717, 1.165) is 13.0 Å². The van der Waals surface area contributed by atoms with Crippen molar-refractivity contribution in [3.05, 3.63) is 33.9 Å². The van der Waals surface area contributed by atoms with Gasteiger partial charge in [0.15, 0.2) is 0 Å². The highest BCUT2D eigenvalue weighted by atomic mass is 16.6. The number of anilines is 1. The summed E-state index contributed by atoms with van der Waals surface area (Å²) in [5.74, 6) is 0. The molecule has 6 nitrogen and oxygen atoms in total. The summed E-state index contributed by atoms with van der Waals surface area (Å²) in [5.41, 5.74) is 0.737. The lowest BCUT2D eigenvalue weighted by atomic mass is 10.1. The predicted octanol–water partition coefficient (Wildman–Crippen LogP) is 1.67. The Morgan fingerprint density at radius 3 is 2.94 bits per heavy atom. The molecule has 1 saturated heterocycles. The number of nitrogens with zero attached hydrogens (tertiary/aromatic N) is 2. The van der Waals surface area contributed by atoms with Gasteiger partial charge in [-0.3, -0.25) is 10.1 Å². The van der Waals surface area contributed by atoms with Crippen molar-refractivity contribution in [3.63, 3.8) is 0 Å². The van der Waals surface area contributed by atoms with Gasteiger partial charge in [0.05, 0.1) is 22.7 Å². The van der Waals surface area contributed by atoms with Gasteiger partial charge >= 0.3 is 0 Å². The number of nitriles is 1. The summed E-state index contributed by atoms with van der Waals surface area (Å²) in [4.78, 5) is 10.3. The molecule has 0 aromatic heterocycles. The van der Waals surface area contributed by atoms with Gasteiger partial charge in [0, 0.05) is 19.2 Å². The Morgan fingerprint density at radius 2 is 2.41 bits per heavy atom. The first-order valence-corrected chi connectivity index (χ1v) is 5.24. The molecule has 1 aliphatic rings. The minimum atomic E-state index is -0.467. The number of ether oxygens (including phenoxy) is 1. The van der Waals surface area contributed by atoms with Crippen LogP contribution in [0.3, 0.4) is 0 Å². The van der Waals surface area contributed by atoms with Gasteiger partial charge in [0.2, 0.25) is 0 Å². The number of hydrogen-bond donors (Lipinski definition) is 1. The van der Waals surface area contributed by atoms with Crippen LogP contribution < -0.4 is 5.32 Å². The quantitative estimate of drug-likeness (QED) is 0.631. The van der Waals surface area contributed by atoms with Crippen LogP contribution in [0, 0.1) is 21.4 Å². The van der Waals surface area contributed by atoms with E-state index in [1.54, 1.807) is 0 Å². The van der Waals surface area contributed by atoms with E-state index in [1.807, 2.05) is 6.07 Å². The van der Waals surface area contributed by atoms with Crippen LogP contribution in [-0.2, 0) is 4.74 Å². The molecule has 0 spiro atoms. The maximum absolute atomic E-state index is 10.8. The van der Waals surface area contributed by atoms with Gasteiger partial charge in [-0.2, -0.15) is 5.26 Å². The molecule has 1 atom stereocenters. The van der Waals surface area contributed by atoms with Gasteiger partial charge in [-0.25, -0.2) is 0 Å². The molecule has 0 radical (unpaired) electrons. The minimum absolute atomic E-state index is 0.0247. The first-order valence-electron chi connectivity index (χ1n) is 5.24. The Labute approximate surface area is 98.0 Å². The number of nitrogens with one attached hydrogen (secondary N) is 1. The molecule has 1 aliphatic heterocycles. The van der Waals surface area contributed by atoms with Crippen LogP contribution >= 0.6 is 0 Å². The summed E-state index contributed by atoms with van der Waals surface area (Å²) in [6.07, 6.45) is 1.07. The van der Waals surface area contributed by atoms with Gasteiger partial charge in [0.1, 0.15) is 5.69 Å². The molecule has 1 aromatic rings. The molecule has 1 heterocycles. The highest BCUT2D eigenvalue weighted by molar-refractivity contribution is 5.64. The Hall–Kier alpha value is -2.13. The molecule has 2 rings (SSSR count). The summed E-state index contributed by atoms with van der Waals surface area (Å²) in [7, 11) is 0. The Kier molecular flexibility index (Phi) is 3.21. The zero-order valence-electron chi connectivity index (χ0n) is 9.05. The number of nitro benzene ring substituents is 1. The molecule has 0 bridgehead atoms. The third-order valence-electron chi connectivity index (χ3n) is 2.64. The topological polar surface area (TPSA) is 88.2 Å². The zero-order valence-corrected chi connectivity index (χ0v) is 9.05. The smallest absolute Gasteiger partial charge is 0.292 e. The lowest BCUT2D eigenvalue weighted by molar-refractivity contribution is -0.384. The summed E-state index contributed by atoms with van der Waals surface area (Å²) >= 11 is 0. The zero-order chi connectivity index (χ0) is 12.3. The predicted molar refractivity (Wildman–Crippen MR) is 60.7 cm³/mol. The van der Waals surface area contributed by atoms with E-state index in [2.05, 4.69) is 5.32 Å². The third kappa shape index (κ3) is 2.52. The van der Waals surface area contributed by atoms with Crippen LogP contribution in [0.25, 0.3) is 0 Å². The molecule has 0 unspecified atom stereocenters. The molecular weight excluding hydrogens is 222 g/mol. The first-order chi connectivity index (χ1) is 8.20. The van der Waals surface area contributed by atoms with E-state index in [9.17, 15) is 10.1 Å². The maximum Gasteiger partial charge on any atom is 0.292 e. The summed E-state index contributed by atoms with van der Waals surface area (Å²) in [6.45, 7) is 1.27. The van der Waals surface area contributed by atoms with Crippen molar-refractivity contribution in [3.8, 4) is 6.07 Å². The number of rotatable bonds is 4. The fourth-order valence-corrected chi connectivity index (χ4v) is 1.58.